The molecule has 1 saturated heterocycles. The van der Waals surface area contributed by atoms with Gasteiger partial charge in [-0.15, -0.1) is 0 Å². The van der Waals surface area contributed by atoms with E-state index in [9.17, 15) is 13.2 Å². The van der Waals surface area contributed by atoms with Gasteiger partial charge in [0, 0.05) is 23.5 Å². The second-order valence-electron chi connectivity index (χ2n) is 3.71. The molecule has 1 fully saturated rings. The molecular weight excluding hydrogens is 315 g/mol. The van der Waals surface area contributed by atoms with Gasteiger partial charge in [-0.25, -0.2) is 4.79 Å². The van der Waals surface area contributed by atoms with Crippen LogP contribution in [0, 0.1) is 0 Å². The molecule has 0 atom stereocenters. The highest BCUT2D eigenvalue weighted by Gasteiger charge is 2.38. The summed E-state index contributed by atoms with van der Waals surface area (Å²) in [5.41, 5.74) is 1.45. The summed E-state index contributed by atoms with van der Waals surface area (Å²) in [6.45, 7) is 2.28. The highest BCUT2D eigenvalue weighted by molar-refractivity contribution is 9.10. The van der Waals surface area contributed by atoms with Crippen molar-refractivity contribution in [2.24, 2.45) is 0 Å². The normalized spacial score (nSPS) is 15.3. The molecule has 1 aromatic rings. The Hall–Kier alpha value is -1.08. The zero-order valence-electron chi connectivity index (χ0n) is 9.17. The van der Waals surface area contributed by atoms with Crippen LogP contribution in [0.5, 0.6) is 0 Å². The second-order valence-corrected chi connectivity index (χ2v) is 4.63. The fourth-order valence-electron chi connectivity index (χ4n) is 1.26. The lowest BCUT2D eigenvalue weighted by atomic mass is 9.94. The maximum Gasteiger partial charge on any atom is 0.490 e. The summed E-state index contributed by atoms with van der Waals surface area (Å²) in [7, 11) is 0. The number of carboxylic acids is 1. The van der Waals surface area contributed by atoms with E-state index in [2.05, 4.69) is 45.5 Å². The molecule has 0 aromatic heterocycles. The molecule has 2 N–H and O–H groups in total. The first-order valence-electron chi connectivity index (χ1n) is 5.07. The van der Waals surface area contributed by atoms with Gasteiger partial charge in [0.05, 0.1) is 0 Å². The van der Waals surface area contributed by atoms with Crippen LogP contribution in [0.1, 0.15) is 11.5 Å². The van der Waals surface area contributed by atoms with Crippen molar-refractivity contribution in [2.75, 3.05) is 13.1 Å². The van der Waals surface area contributed by atoms with Crippen molar-refractivity contribution in [3.63, 3.8) is 0 Å². The van der Waals surface area contributed by atoms with Crippen LogP contribution in [-0.4, -0.2) is 30.3 Å². The van der Waals surface area contributed by atoms with E-state index in [1.54, 1.807) is 0 Å². The third-order valence-corrected chi connectivity index (χ3v) is 2.89. The zero-order chi connectivity index (χ0) is 13.8. The van der Waals surface area contributed by atoms with Crippen molar-refractivity contribution in [3.8, 4) is 0 Å². The highest BCUT2D eigenvalue weighted by Crippen LogP contribution is 2.21. The third kappa shape index (κ3) is 4.66. The zero-order valence-corrected chi connectivity index (χ0v) is 10.8. The number of nitrogens with one attached hydrogen (secondary N) is 1. The van der Waals surface area contributed by atoms with Crippen molar-refractivity contribution in [1.29, 1.82) is 0 Å². The average Bonchev–Trinajstić information content (AvgIpc) is 2.18. The molecule has 1 heterocycles. The molecular formula is C11H11BrF3NO2. The first kappa shape index (κ1) is 15.0. The van der Waals surface area contributed by atoms with E-state index in [1.165, 1.54) is 5.56 Å². The Kier molecular flexibility index (Phi) is 5.15. The Morgan fingerprint density at radius 3 is 2.00 bits per heavy atom. The fourth-order valence-corrected chi connectivity index (χ4v) is 1.52. The number of hydrogen-bond acceptors (Lipinski definition) is 2. The lowest BCUT2D eigenvalue weighted by molar-refractivity contribution is -0.192. The molecule has 3 nitrogen and oxygen atoms in total. The molecule has 100 valence electrons. The average molecular weight is 326 g/mol. The van der Waals surface area contributed by atoms with E-state index >= 15 is 0 Å². The SMILES string of the molecule is Brc1ccc(C2CNC2)cc1.O=C(O)C(F)(F)F. The largest absolute Gasteiger partial charge is 0.490 e. The third-order valence-electron chi connectivity index (χ3n) is 2.37. The van der Waals surface area contributed by atoms with Crippen molar-refractivity contribution in [2.45, 2.75) is 12.1 Å². The van der Waals surface area contributed by atoms with Gasteiger partial charge in [0.25, 0.3) is 0 Å². The summed E-state index contributed by atoms with van der Waals surface area (Å²) in [6.07, 6.45) is -5.08. The van der Waals surface area contributed by atoms with Gasteiger partial charge in [-0.1, -0.05) is 28.1 Å². The van der Waals surface area contributed by atoms with Crippen LogP contribution in [0.3, 0.4) is 0 Å². The molecule has 2 rings (SSSR count). The molecule has 0 saturated carbocycles. The van der Waals surface area contributed by atoms with E-state index in [0.29, 0.717) is 0 Å². The molecule has 1 aromatic carbocycles. The first-order valence-corrected chi connectivity index (χ1v) is 5.86. The van der Waals surface area contributed by atoms with E-state index in [0.717, 1.165) is 23.5 Å². The molecule has 7 heteroatoms. The number of carbonyl (C=O) groups is 1. The molecule has 18 heavy (non-hydrogen) atoms. The maximum atomic E-state index is 10.6. The van der Waals surface area contributed by atoms with Gasteiger partial charge < -0.3 is 10.4 Å². The standard InChI is InChI=1S/C9H10BrN.C2HF3O2/c10-9-3-1-7(2-4-9)8-5-11-6-8;3-2(4,5)1(6)7/h1-4,8,11H,5-6H2;(H,6,7). The van der Waals surface area contributed by atoms with Crippen LogP contribution < -0.4 is 5.32 Å². The minimum absolute atomic E-state index is 0.753. The molecule has 0 spiro atoms. The monoisotopic (exact) mass is 325 g/mol. The molecule has 0 radical (unpaired) electrons. The predicted octanol–water partition coefficient (Wildman–Crippen LogP) is 2.77. The van der Waals surface area contributed by atoms with Crippen LogP contribution in [0.25, 0.3) is 0 Å². The summed E-state index contributed by atoms with van der Waals surface area (Å²) in [6, 6.07) is 8.59. The van der Waals surface area contributed by atoms with Gasteiger partial charge in [0.1, 0.15) is 0 Å². The predicted molar refractivity (Wildman–Crippen MR) is 63.4 cm³/mol. The van der Waals surface area contributed by atoms with Gasteiger partial charge in [0.2, 0.25) is 0 Å². The quantitative estimate of drug-likeness (QED) is 0.834. The summed E-state index contributed by atoms with van der Waals surface area (Å²) >= 11 is 3.42. The van der Waals surface area contributed by atoms with Crippen LogP contribution >= 0.6 is 15.9 Å². The van der Waals surface area contributed by atoms with Crippen LogP contribution in [0.15, 0.2) is 28.7 Å². The minimum Gasteiger partial charge on any atom is -0.475 e. The lowest BCUT2D eigenvalue weighted by Crippen LogP contribution is -2.39. The molecule has 0 aliphatic carbocycles. The smallest absolute Gasteiger partial charge is 0.475 e. The summed E-state index contributed by atoms with van der Waals surface area (Å²) in [5, 5.41) is 10.4. The Bertz CT molecular complexity index is 402. The van der Waals surface area contributed by atoms with E-state index in [1.807, 2.05) is 0 Å². The highest BCUT2D eigenvalue weighted by atomic mass is 79.9. The summed E-state index contributed by atoms with van der Waals surface area (Å²) < 4.78 is 32.9. The molecule has 1 aliphatic heterocycles. The maximum absolute atomic E-state index is 10.6. The number of benzene rings is 1. The van der Waals surface area contributed by atoms with E-state index < -0.39 is 12.1 Å². The fraction of sp³-hybridized carbons (Fsp3) is 0.364. The van der Waals surface area contributed by atoms with E-state index in [-0.39, 0.29) is 0 Å². The Labute approximate surface area is 110 Å². The number of carboxylic acid groups (broad SMARTS) is 1. The number of alkyl halides is 3. The van der Waals surface area contributed by atoms with Crippen molar-refractivity contribution in [3.05, 3.63) is 34.3 Å². The lowest BCUT2D eigenvalue weighted by Gasteiger charge is -2.27. The van der Waals surface area contributed by atoms with Crippen molar-refractivity contribution in [1.82, 2.24) is 5.32 Å². The topological polar surface area (TPSA) is 49.3 Å². The van der Waals surface area contributed by atoms with Crippen molar-refractivity contribution < 1.29 is 23.1 Å². The summed E-state index contributed by atoms with van der Waals surface area (Å²) in [4.78, 5) is 8.90. The van der Waals surface area contributed by atoms with Gasteiger partial charge in [-0.3, -0.25) is 0 Å². The van der Waals surface area contributed by atoms with Gasteiger partial charge >= 0.3 is 12.1 Å². The Balaban J connectivity index is 0.000000203. The first-order chi connectivity index (χ1) is 8.30. The molecule has 0 amide bonds. The Morgan fingerprint density at radius 2 is 1.72 bits per heavy atom. The van der Waals surface area contributed by atoms with Gasteiger partial charge in [-0.2, -0.15) is 13.2 Å². The molecule has 1 aliphatic rings. The van der Waals surface area contributed by atoms with Crippen LogP contribution in [0.4, 0.5) is 13.2 Å². The molecule has 0 unspecified atom stereocenters. The van der Waals surface area contributed by atoms with E-state index in [4.69, 9.17) is 9.90 Å². The minimum atomic E-state index is -5.08. The van der Waals surface area contributed by atoms with Crippen LogP contribution in [0.2, 0.25) is 0 Å². The van der Waals surface area contributed by atoms with Gasteiger partial charge in [0.15, 0.2) is 0 Å². The number of hydrogen-bond donors (Lipinski definition) is 2. The second kappa shape index (κ2) is 6.19. The van der Waals surface area contributed by atoms with Gasteiger partial charge in [-0.05, 0) is 17.7 Å². The Morgan fingerprint density at radius 1 is 1.28 bits per heavy atom. The number of halogens is 4. The number of aliphatic carboxylic acids is 1. The van der Waals surface area contributed by atoms with Crippen LogP contribution in [-0.2, 0) is 4.79 Å². The number of rotatable bonds is 1. The van der Waals surface area contributed by atoms with Crippen molar-refractivity contribution >= 4 is 21.9 Å². The summed E-state index contributed by atoms with van der Waals surface area (Å²) in [5.74, 6) is -2.00. The molecule has 0 bridgehead atoms.